The molecule has 0 bridgehead atoms. The van der Waals surface area contributed by atoms with Crippen LogP contribution in [0.1, 0.15) is 48.9 Å². The van der Waals surface area contributed by atoms with E-state index in [0.717, 1.165) is 37.1 Å². The van der Waals surface area contributed by atoms with Gasteiger partial charge in [-0.2, -0.15) is 0 Å². The van der Waals surface area contributed by atoms with Crippen LogP contribution in [0.4, 0.5) is 0 Å². The highest BCUT2D eigenvalue weighted by Gasteiger charge is 2.29. The number of aromatic nitrogens is 1. The number of amides is 1. The van der Waals surface area contributed by atoms with Gasteiger partial charge in [0.2, 0.25) is 5.91 Å². The van der Waals surface area contributed by atoms with Gasteiger partial charge in [-0.25, -0.2) is 0 Å². The van der Waals surface area contributed by atoms with Gasteiger partial charge in [0, 0.05) is 19.3 Å². The number of rotatable bonds is 4. The number of pyridine rings is 1. The maximum atomic E-state index is 13.5. The first-order valence-electron chi connectivity index (χ1n) is 9.45. The number of carbonyl (C=O) groups is 1. The average molecular weight is 383 g/mol. The Balaban J connectivity index is 2.14. The van der Waals surface area contributed by atoms with Crippen molar-refractivity contribution in [1.29, 1.82) is 0 Å². The van der Waals surface area contributed by atoms with E-state index in [1.165, 1.54) is 6.42 Å². The largest absolute Gasteiger partial charge is 0.508 e. The normalized spacial score (nSPS) is 16.2. The number of benzene rings is 1. The molecule has 2 aromatic rings. The molecule has 27 heavy (non-hydrogen) atoms. The summed E-state index contributed by atoms with van der Waals surface area (Å²) in [5.41, 5.74) is 2.41. The standard InChI is InChI=1S/C22H26N2O2S/c1-3-18(25)19-16(2)12-15-24(22(19)27)20(17-10-6-4-7-11-17)21(26)23-13-8-5-9-14-23/h3-4,6-7,10-12,15,20,25H,5,8-9,13-14H2,1-2H3/b18-3+. The summed E-state index contributed by atoms with van der Waals surface area (Å²) in [6.45, 7) is 5.26. The monoisotopic (exact) mass is 382 g/mol. The van der Waals surface area contributed by atoms with E-state index in [1.807, 2.05) is 59.0 Å². The molecule has 4 nitrogen and oxygen atoms in total. The summed E-state index contributed by atoms with van der Waals surface area (Å²) in [6, 6.07) is 11.1. The first kappa shape index (κ1) is 19.4. The average Bonchev–Trinajstić information content (AvgIpc) is 2.71. The van der Waals surface area contributed by atoms with Crippen molar-refractivity contribution < 1.29 is 9.90 Å². The van der Waals surface area contributed by atoms with Crippen molar-refractivity contribution in [3.05, 3.63) is 70.0 Å². The lowest BCUT2D eigenvalue weighted by atomic mass is 10.0. The number of likely N-dealkylation sites (tertiary alicyclic amines) is 1. The topological polar surface area (TPSA) is 45.5 Å². The van der Waals surface area contributed by atoms with Gasteiger partial charge in [-0.3, -0.25) is 4.79 Å². The Morgan fingerprint density at radius 3 is 2.44 bits per heavy atom. The van der Waals surface area contributed by atoms with Crippen molar-refractivity contribution in [2.24, 2.45) is 0 Å². The van der Waals surface area contributed by atoms with E-state index < -0.39 is 6.04 Å². The number of allylic oxidation sites excluding steroid dienone is 1. The van der Waals surface area contributed by atoms with Crippen LogP contribution in [0.3, 0.4) is 0 Å². The number of piperidine rings is 1. The molecule has 3 rings (SSSR count). The number of aliphatic hydroxyl groups is 1. The molecule has 1 aliphatic rings. The summed E-state index contributed by atoms with van der Waals surface area (Å²) in [5, 5.41) is 10.3. The molecule has 1 unspecified atom stereocenters. The fourth-order valence-corrected chi connectivity index (χ4v) is 4.08. The summed E-state index contributed by atoms with van der Waals surface area (Å²) in [6.07, 6.45) is 6.74. The zero-order chi connectivity index (χ0) is 19.4. The first-order valence-corrected chi connectivity index (χ1v) is 9.86. The predicted molar refractivity (Wildman–Crippen MR) is 111 cm³/mol. The third-order valence-electron chi connectivity index (χ3n) is 5.15. The van der Waals surface area contributed by atoms with Crippen LogP contribution in [0.15, 0.2) is 48.7 Å². The number of nitrogens with zero attached hydrogens (tertiary/aromatic N) is 2. The maximum Gasteiger partial charge on any atom is 0.250 e. The number of aryl methyl sites for hydroxylation is 1. The molecule has 142 valence electrons. The molecule has 0 radical (unpaired) electrons. The van der Waals surface area contributed by atoms with Crippen LogP contribution in [-0.4, -0.2) is 33.6 Å². The Labute approximate surface area is 165 Å². The molecule has 5 heteroatoms. The highest BCUT2D eigenvalue weighted by Crippen LogP contribution is 2.27. The van der Waals surface area contributed by atoms with Gasteiger partial charge in [0.25, 0.3) is 0 Å². The number of hydrogen-bond acceptors (Lipinski definition) is 3. The SMILES string of the molecule is C/C=C(/O)c1c(C)ccn(C(C(=O)N2CCCCC2)c2ccccc2)c1=S. The summed E-state index contributed by atoms with van der Waals surface area (Å²) in [4.78, 5) is 15.4. The van der Waals surface area contributed by atoms with Gasteiger partial charge in [-0.1, -0.05) is 42.5 Å². The zero-order valence-electron chi connectivity index (χ0n) is 15.9. The lowest BCUT2D eigenvalue weighted by Gasteiger charge is -2.32. The van der Waals surface area contributed by atoms with Crippen LogP contribution >= 0.6 is 12.2 Å². The van der Waals surface area contributed by atoms with Crippen LogP contribution in [-0.2, 0) is 4.79 Å². The number of hydrogen-bond donors (Lipinski definition) is 1. The number of carbonyl (C=O) groups excluding carboxylic acids is 1. The molecule has 1 atom stereocenters. The zero-order valence-corrected chi connectivity index (χ0v) is 16.7. The van der Waals surface area contributed by atoms with Crippen LogP contribution in [0.2, 0.25) is 0 Å². The van der Waals surface area contributed by atoms with Crippen molar-refractivity contribution >= 4 is 23.9 Å². The molecule has 1 aromatic carbocycles. The second kappa shape index (κ2) is 8.53. The van der Waals surface area contributed by atoms with Crippen LogP contribution in [0.25, 0.3) is 5.76 Å². The smallest absolute Gasteiger partial charge is 0.250 e. The Kier molecular flexibility index (Phi) is 6.11. The Hall–Kier alpha value is -2.40. The van der Waals surface area contributed by atoms with Crippen LogP contribution in [0.5, 0.6) is 0 Å². The molecule has 1 fully saturated rings. The van der Waals surface area contributed by atoms with Gasteiger partial charge in [0.05, 0.1) is 5.56 Å². The molecule has 1 amide bonds. The van der Waals surface area contributed by atoms with Gasteiger partial charge in [0.15, 0.2) is 0 Å². The van der Waals surface area contributed by atoms with E-state index in [1.54, 1.807) is 13.0 Å². The van der Waals surface area contributed by atoms with E-state index >= 15 is 0 Å². The minimum atomic E-state index is -0.527. The minimum absolute atomic E-state index is 0.0618. The van der Waals surface area contributed by atoms with Crippen molar-refractivity contribution in [2.45, 2.75) is 39.2 Å². The van der Waals surface area contributed by atoms with Crippen molar-refractivity contribution in [3.63, 3.8) is 0 Å². The second-order valence-corrected chi connectivity index (χ2v) is 7.35. The highest BCUT2D eigenvalue weighted by molar-refractivity contribution is 7.71. The van der Waals surface area contributed by atoms with E-state index in [0.29, 0.717) is 10.2 Å². The summed E-state index contributed by atoms with van der Waals surface area (Å²) < 4.78 is 2.30. The molecule has 0 saturated carbocycles. The van der Waals surface area contributed by atoms with Gasteiger partial charge >= 0.3 is 0 Å². The maximum absolute atomic E-state index is 13.5. The number of aliphatic hydroxyl groups excluding tert-OH is 1. The quantitative estimate of drug-likeness (QED) is 0.595. The lowest BCUT2D eigenvalue weighted by Crippen LogP contribution is -2.41. The van der Waals surface area contributed by atoms with E-state index in [2.05, 4.69) is 0 Å². The Bertz CT molecular complexity index is 896. The molecule has 1 aliphatic heterocycles. The summed E-state index contributed by atoms with van der Waals surface area (Å²) in [7, 11) is 0. The first-order chi connectivity index (χ1) is 13.0. The van der Waals surface area contributed by atoms with Gasteiger partial charge in [0.1, 0.15) is 16.4 Å². The third kappa shape index (κ3) is 3.98. The van der Waals surface area contributed by atoms with Gasteiger partial charge in [-0.05, 0) is 56.4 Å². The van der Waals surface area contributed by atoms with Crippen molar-refractivity contribution in [2.75, 3.05) is 13.1 Å². The fourth-order valence-electron chi connectivity index (χ4n) is 3.64. The molecule has 0 aliphatic carbocycles. The molecular formula is C22H26N2O2S. The molecular weight excluding hydrogens is 356 g/mol. The molecule has 1 N–H and O–H groups in total. The second-order valence-electron chi connectivity index (χ2n) is 6.96. The molecule has 1 aromatic heterocycles. The molecule has 0 spiro atoms. The summed E-state index contributed by atoms with van der Waals surface area (Å²) >= 11 is 5.71. The van der Waals surface area contributed by atoms with E-state index in [4.69, 9.17) is 12.2 Å². The van der Waals surface area contributed by atoms with E-state index in [9.17, 15) is 9.90 Å². The Morgan fingerprint density at radius 1 is 1.15 bits per heavy atom. The van der Waals surface area contributed by atoms with Crippen molar-refractivity contribution in [1.82, 2.24) is 9.47 Å². The van der Waals surface area contributed by atoms with Gasteiger partial charge < -0.3 is 14.6 Å². The van der Waals surface area contributed by atoms with Crippen LogP contribution < -0.4 is 0 Å². The van der Waals surface area contributed by atoms with Crippen LogP contribution in [0, 0.1) is 11.6 Å². The lowest BCUT2D eigenvalue weighted by molar-refractivity contribution is -0.134. The Morgan fingerprint density at radius 2 is 1.81 bits per heavy atom. The molecule has 2 heterocycles. The predicted octanol–water partition coefficient (Wildman–Crippen LogP) is 5.05. The highest BCUT2D eigenvalue weighted by atomic mass is 32.1. The summed E-state index contributed by atoms with van der Waals surface area (Å²) in [5.74, 6) is 0.204. The fraction of sp³-hybridized carbons (Fsp3) is 0.364. The molecule has 1 saturated heterocycles. The third-order valence-corrected chi connectivity index (χ3v) is 5.57. The van der Waals surface area contributed by atoms with E-state index in [-0.39, 0.29) is 11.7 Å². The van der Waals surface area contributed by atoms with Crippen molar-refractivity contribution in [3.8, 4) is 0 Å². The minimum Gasteiger partial charge on any atom is -0.508 e. The van der Waals surface area contributed by atoms with Gasteiger partial charge in [-0.15, -0.1) is 0 Å².